The first kappa shape index (κ1) is 18.4. The molecule has 1 unspecified atom stereocenters. The predicted octanol–water partition coefficient (Wildman–Crippen LogP) is 3.39. The number of benzene rings is 1. The van der Waals surface area contributed by atoms with Crippen LogP contribution in [-0.4, -0.2) is 28.5 Å². The van der Waals surface area contributed by atoms with Crippen LogP contribution < -0.4 is 5.56 Å². The molecule has 1 aromatic carbocycles. The summed E-state index contributed by atoms with van der Waals surface area (Å²) in [4.78, 5) is 23.9. The van der Waals surface area contributed by atoms with Crippen molar-refractivity contribution in [3.63, 3.8) is 0 Å². The quantitative estimate of drug-likeness (QED) is 0.730. The summed E-state index contributed by atoms with van der Waals surface area (Å²) >= 11 is 3.14. The van der Waals surface area contributed by atoms with E-state index < -0.39 is 23.6 Å². The molecule has 0 aliphatic heterocycles. The van der Waals surface area contributed by atoms with E-state index in [-0.39, 0.29) is 34.1 Å². The van der Waals surface area contributed by atoms with Gasteiger partial charge < -0.3 is 4.74 Å². The van der Waals surface area contributed by atoms with Crippen LogP contribution in [0.15, 0.2) is 27.6 Å². The smallest absolute Gasteiger partial charge is 0.395 e. The van der Waals surface area contributed by atoms with Crippen LogP contribution in [0.1, 0.15) is 25.3 Å². The number of alkyl halides is 3. The van der Waals surface area contributed by atoms with Crippen molar-refractivity contribution < 1.29 is 22.7 Å². The number of aromatic nitrogens is 2. The number of carbonyl (C=O) groups is 1. The standard InChI is InChI=1S/C15H14BrF3N2O3/c1-3-24-12(22)7-21-14(23)10-5-4-9(8(2)15(17,18)19)6-11(10)13(16)20-21/h4-6,8H,3,7H2,1-2H3. The van der Waals surface area contributed by atoms with Crippen LogP contribution in [0.2, 0.25) is 0 Å². The summed E-state index contributed by atoms with van der Waals surface area (Å²) in [5, 5.41) is 4.35. The number of hydrogen-bond donors (Lipinski definition) is 0. The van der Waals surface area contributed by atoms with Crippen molar-refractivity contribution in [1.82, 2.24) is 9.78 Å². The highest BCUT2D eigenvalue weighted by molar-refractivity contribution is 9.10. The summed E-state index contributed by atoms with van der Waals surface area (Å²) in [6.45, 7) is 2.47. The normalized spacial score (nSPS) is 13.1. The number of fused-ring (bicyclic) bond motifs is 1. The summed E-state index contributed by atoms with van der Waals surface area (Å²) in [6, 6.07) is 3.84. The van der Waals surface area contributed by atoms with Gasteiger partial charge in [-0.05, 0) is 47.5 Å². The average Bonchev–Trinajstić information content (AvgIpc) is 2.50. The molecule has 24 heavy (non-hydrogen) atoms. The van der Waals surface area contributed by atoms with Gasteiger partial charge in [0, 0.05) is 5.39 Å². The second kappa shape index (κ2) is 6.92. The lowest BCUT2D eigenvalue weighted by molar-refractivity contribution is -0.146. The van der Waals surface area contributed by atoms with Crippen LogP contribution in [0.5, 0.6) is 0 Å². The molecule has 0 saturated carbocycles. The van der Waals surface area contributed by atoms with Gasteiger partial charge in [0.1, 0.15) is 11.1 Å². The number of nitrogens with zero attached hydrogens (tertiary/aromatic N) is 2. The molecule has 130 valence electrons. The molecule has 0 radical (unpaired) electrons. The molecule has 2 aromatic rings. The minimum atomic E-state index is -4.38. The molecule has 1 aromatic heterocycles. The van der Waals surface area contributed by atoms with E-state index in [9.17, 15) is 22.8 Å². The molecule has 5 nitrogen and oxygen atoms in total. The molecule has 0 bridgehead atoms. The molecule has 9 heteroatoms. The van der Waals surface area contributed by atoms with Crippen molar-refractivity contribution in [2.75, 3.05) is 6.61 Å². The average molecular weight is 407 g/mol. The van der Waals surface area contributed by atoms with Crippen LogP contribution in [0, 0.1) is 0 Å². The van der Waals surface area contributed by atoms with Crippen LogP contribution in [0.25, 0.3) is 10.8 Å². The summed E-state index contributed by atoms with van der Waals surface area (Å²) in [6.07, 6.45) is -4.38. The molecular formula is C15H14BrF3N2O3. The van der Waals surface area contributed by atoms with Gasteiger partial charge in [0.2, 0.25) is 0 Å². The molecule has 0 spiro atoms. The lowest BCUT2D eigenvalue weighted by Gasteiger charge is -2.16. The second-order valence-electron chi connectivity index (χ2n) is 5.13. The molecular weight excluding hydrogens is 393 g/mol. The maximum atomic E-state index is 12.9. The van der Waals surface area contributed by atoms with E-state index in [0.717, 1.165) is 11.6 Å². The highest BCUT2D eigenvalue weighted by Gasteiger charge is 2.37. The van der Waals surface area contributed by atoms with E-state index in [1.165, 1.54) is 18.2 Å². The summed E-state index contributed by atoms with van der Waals surface area (Å²) < 4.78 is 44.4. The summed E-state index contributed by atoms with van der Waals surface area (Å²) in [5.41, 5.74) is -0.549. The third-order valence-corrected chi connectivity index (χ3v) is 4.10. The van der Waals surface area contributed by atoms with Crippen molar-refractivity contribution >= 4 is 32.7 Å². The fraction of sp³-hybridized carbons (Fsp3) is 0.400. The van der Waals surface area contributed by atoms with Gasteiger partial charge in [-0.15, -0.1) is 0 Å². The van der Waals surface area contributed by atoms with Gasteiger partial charge in [0.05, 0.1) is 17.9 Å². The highest BCUT2D eigenvalue weighted by Crippen LogP contribution is 2.35. The van der Waals surface area contributed by atoms with E-state index in [4.69, 9.17) is 4.74 Å². The van der Waals surface area contributed by atoms with E-state index >= 15 is 0 Å². The minimum absolute atomic E-state index is 0.0278. The Labute approximate surface area is 143 Å². The van der Waals surface area contributed by atoms with Crippen molar-refractivity contribution in [3.8, 4) is 0 Å². The van der Waals surface area contributed by atoms with E-state index in [1.807, 2.05) is 0 Å². The van der Waals surface area contributed by atoms with Gasteiger partial charge in [-0.25, -0.2) is 4.68 Å². The van der Waals surface area contributed by atoms with Gasteiger partial charge in [-0.2, -0.15) is 18.3 Å². The molecule has 0 aliphatic carbocycles. The molecule has 0 amide bonds. The van der Waals surface area contributed by atoms with Gasteiger partial charge in [0.25, 0.3) is 5.56 Å². The first-order valence-corrected chi connectivity index (χ1v) is 7.87. The fourth-order valence-electron chi connectivity index (χ4n) is 2.16. The third kappa shape index (κ3) is 3.77. The zero-order chi connectivity index (χ0) is 18.1. The first-order valence-electron chi connectivity index (χ1n) is 7.07. The fourth-order valence-corrected chi connectivity index (χ4v) is 2.68. The van der Waals surface area contributed by atoms with Crippen molar-refractivity contribution in [2.45, 2.75) is 32.5 Å². The maximum Gasteiger partial charge on any atom is 0.395 e. The minimum Gasteiger partial charge on any atom is -0.465 e. The molecule has 1 heterocycles. The van der Waals surface area contributed by atoms with Crippen LogP contribution >= 0.6 is 15.9 Å². The van der Waals surface area contributed by atoms with Crippen LogP contribution in [0.3, 0.4) is 0 Å². The van der Waals surface area contributed by atoms with Crippen molar-refractivity contribution in [1.29, 1.82) is 0 Å². The Morgan fingerprint density at radius 2 is 2.04 bits per heavy atom. The van der Waals surface area contributed by atoms with Gasteiger partial charge >= 0.3 is 12.1 Å². The van der Waals surface area contributed by atoms with E-state index in [1.54, 1.807) is 6.92 Å². The SMILES string of the molecule is CCOC(=O)Cn1nc(Br)c2cc(C(C)C(F)(F)F)ccc2c1=O. The van der Waals surface area contributed by atoms with Crippen LogP contribution in [0.4, 0.5) is 13.2 Å². The largest absolute Gasteiger partial charge is 0.465 e. The zero-order valence-electron chi connectivity index (χ0n) is 12.9. The number of rotatable bonds is 4. The predicted molar refractivity (Wildman–Crippen MR) is 84.8 cm³/mol. The monoisotopic (exact) mass is 406 g/mol. The summed E-state index contributed by atoms with van der Waals surface area (Å²) in [5.74, 6) is -2.29. The first-order chi connectivity index (χ1) is 11.1. The molecule has 2 rings (SSSR count). The highest BCUT2D eigenvalue weighted by atomic mass is 79.9. The molecule has 0 saturated heterocycles. The van der Waals surface area contributed by atoms with Gasteiger partial charge in [0.15, 0.2) is 0 Å². The zero-order valence-corrected chi connectivity index (χ0v) is 14.4. The lowest BCUT2D eigenvalue weighted by atomic mass is 9.98. The Hall–Kier alpha value is -1.90. The van der Waals surface area contributed by atoms with Crippen molar-refractivity contribution in [2.24, 2.45) is 0 Å². The summed E-state index contributed by atoms with van der Waals surface area (Å²) in [7, 11) is 0. The van der Waals surface area contributed by atoms with E-state index in [0.29, 0.717) is 0 Å². The third-order valence-electron chi connectivity index (χ3n) is 3.51. The molecule has 1 atom stereocenters. The molecule has 0 fully saturated rings. The Kier molecular flexibility index (Phi) is 5.32. The maximum absolute atomic E-state index is 12.9. The Bertz CT molecular complexity index is 833. The Balaban J connectivity index is 2.51. The number of esters is 1. The van der Waals surface area contributed by atoms with Gasteiger partial charge in [-0.1, -0.05) is 6.07 Å². The Morgan fingerprint density at radius 3 is 2.62 bits per heavy atom. The number of hydrogen-bond acceptors (Lipinski definition) is 4. The number of carbonyl (C=O) groups excluding carboxylic acids is 1. The second-order valence-corrected chi connectivity index (χ2v) is 5.88. The van der Waals surface area contributed by atoms with Crippen molar-refractivity contribution in [3.05, 3.63) is 38.7 Å². The van der Waals surface area contributed by atoms with Gasteiger partial charge in [-0.3, -0.25) is 9.59 Å². The number of halogens is 4. The van der Waals surface area contributed by atoms with Crippen LogP contribution in [-0.2, 0) is 16.1 Å². The van der Waals surface area contributed by atoms with E-state index in [2.05, 4.69) is 21.0 Å². The lowest BCUT2D eigenvalue weighted by Crippen LogP contribution is -2.28. The molecule has 0 aliphatic rings. The topological polar surface area (TPSA) is 61.2 Å². The number of ether oxygens (including phenoxy) is 1. The Morgan fingerprint density at radius 1 is 1.38 bits per heavy atom. The molecule has 0 N–H and O–H groups in total.